The van der Waals surface area contributed by atoms with Gasteiger partial charge in [-0.2, -0.15) is 0 Å². The minimum Gasteiger partial charge on any atom is -0.396 e. The fourth-order valence-corrected chi connectivity index (χ4v) is 4.72. The van der Waals surface area contributed by atoms with Crippen molar-refractivity contribution in [2.24, 2.45) is 5.41 Å². The quantitative estimate of drug-likeness (QED) is 0.802. The van der Waals surface area contributed by atoms with Crippen LogP contribution in [0.2, 0.25) is 0 Å². The van der Waals surface area contributed by atoms with E-state index in [1.165, 1.54) is 11.4 Å². The first kappa shape index (κ1) is 18.1. The molecule has 25 heavy (non-hydrogen) atoms. The number of nitrogens with zero attached hydrogens (tertiary/aromatic N) is 1. The first-order valence-electron chi connectivity index (χ1n) is 8.06. The summed E-state index contributed by atoms with van der Waals surface area (Å²) >= 11 is 1.14. The Hall–Kier alpha value is -1.70. The Balaban J connectivity index is 1.85. The van der Waals surface area contributed by atoms with Crippen LogP contribution < -0.4 is 0 Å². The van der Waals surface area contributed by atoms with Gasteiger partial charge in [0.25, 0.3) is 5.91 Å². The second kappa shape index (κ2) is 6.90. The van der Waals surface area contributed by atoms with Gasteiger partial charge >= 0.3 is 0 Å². The van der Waals surface area contributed by atoms with Crippen LogP contribution in [0.15, 0.2) is 46.7 Å². The molecule has 1 aromatic carbocycles. The molecule has 0 atom stereocenters. The van der Waals surface area contributed by atoms with E-state index in [4.69, 9.17) is 0 Å². The van der Waals surface area contributed by atoms with Crippen molar-refractivity contribution in [2.45, 2.75) is 24.3 Å². The molecule has 0 saturated heterocycles. The summed E-state index contributed by atoms with van der Waals surface area (Å²) in [5.41, 5.74) is 0.797. The summed E-state index contributed by atoms with van der Waals surface area (Å²) in [6.45, 7) is 0.974. The summed E-state index contributed by atoms with van der Waals surface area (Å²) in [7, 11) is -3.33. The summed E-state index contributed by atoms with van der Waals surface area (Å²) < 4.78 is 23.3. The zero-order valence-electron chi connectivity index (χ0n) is 14.0. The van der Waals surface area contributed by atoms with Crippen molar-refractivity contribution in [3.8, 4) is 0 Å². The smallest absolute Gasteiger partial charge is 0.264 e. The Morgan fingerprint density at radius 1 is 1.28 bits per heavy atom. The molecule has 1 fully saturated rings. The van der Waals surface area contributed by atoms with E-state index in [-0.39, 0.29) is 22.8 Å². The number of benzene rings is 1. The molecule has 134 valence electrons. The lowest BCUT2D eigenvalue weighted by Crippen LogP contribution is -2.36. The van der Waals surface area contributed by atoms with Gasteiger partial charge in [0, 0.05) is 30.1 Å². The molecule has 1 heterocycles. The molecule has 1 saturated carbocycles. The topological polar surface area (TPSA) is 74.7 Å². The van der Waals surface area contributed by atoms with Gasteiger partial charge in [0.2, 0.25) is 0 Å². The van der Waals surface area contributed by atoms with Gasteiger partial charge in [0.05, 0.1) is 16.4 Å². The number of hydrogen-bond acceptors (Lipinski definition) is 5. The molecule has 1 aromatic heterocycles. The molecule has 1 N–H and O–H groups in total. The van der Waals surface area contributed by atoms with Crippen molar-refractivity contribution in [1.29, 1.82) is 0 Å². The van der Waals surface area contributed by atoms with Crippen molar-refractivity contribution in [3.05, 3.63) is 52.2 Å². The van der Waals surface area contributed by atoms with Crippen LogP contribution in [0.25, 0.3) is 0 Å². The molecule has 0 bridgehead atoms. The number of thiophene rings is 1. The van der Waals surface area contributed by atoms with Gasteiger partial charge in [0.15, 0.2) is 9.84 Å². The van der Waals surface area contributed by atoms with E-state index in [2.05, 4.69) is 0 Å². The molecule has 0 spiro atoms. The highest BCUT2D eigenvalue weighted by Gasteiger charge is 2.44. The fourth-order valence-electron chi connectivity index (χ4n) is 2.73. The predicted octanol–water partition coefficient (Wildman–Crippen LogP) is 2.57. The second-order valence-corrected chi connectivity index (χ2v) is 9.65. The zero-order valence-corrected chi connectivity index (χ0v) is 15.6. The number of sulfone groups is 1. The van der Waals surface area contributed by atoms with E-state index in [9.17, 15) is 18.3 Å². The number of amides is 1. The molecule has 0 unspecified atom stereocenters. The van der Waals surface area contributed by atoms with Gasteiger partial charge in [0.1, 0.15) is 0 Å². The molecular weight excluding hydrogens is 358 g/mol. The minimum absolute atomic E-state index is 0.0601. The van der Waals surface area contributed by atoms with E-state index in [1.54, 1.807) is 4.90 Å². The average Bonchev–Trinajstić information content (AvgIpc) is 3.17. The number of rotatable bonds is 7. The number of carbonyl (C=O) groups is 1. The monoisotopic (exact) mass is 379 g/mol. The van der Waals surface area contributed by atoms with Gasteiger partial charge in [-0.25, -0.2) is 8.42 Å². The maximum Gasteiger partial charge on any atom is 0.264 e. The fraction of sp³-hybridized carbons (Fsp3) is 0.389. The van der Waals surface area contributed by atoms with Crippen molar-refractivity contribution >= 4 is 27.1 Å². The van der Waals surface area contributed by atoms with E-state index >= 15 is 0 Å². The maximum atomic E-state index is 13.0. The molecule has 2 aromatic rings. The number of aliphatic hydroxyl groups is 1. The third-order valence-corrected chi connectivity index (χ3v) is 6.70. The third-order valence-electron chi connectivity index (χ3n) is 4.54. The van der Waals surface area contributed by atoms with E-state index < -0.39 is 9.84 Å². The highest BCUT2D eigenvalue weighted by Crippen LogP contribution is 2.46. The lowest BCUT2D eigenvalue weighted by Gasteiger charge is -2.26. The molecule has 5 nitrogen and oxygen atoms in total. The Morgan fingerprint density at radius 3 is 2.48 bits per heavy atom. The normalized spacial score (nSPS) is 15.8. The first-order chi connectivity index (χ1) is 11.8. The molecule has 7 heteroatoms. The standard InChI is InChI=1S/C18H21NO4S2/c1-25(22,23)15-9-16(24-11-15)17(21)19(12-18(13-20)7-8-18)10-14-5-3-2-4-6-14/h2-6,9,11,20H,7-8,10,12-13H2,1H3. The van der Waals surface area contributed by atoms with Crippen LogP contribution in [-0.2, 0) is 16.4 Å². The van der Waals surface area contributed by atoms with Crippen LogP contribution in [-0.4, -0.2) is 43.7 Å². The Kier molecular flexibility index (Phi) is 4.99. The molecule has 1 amide bonds. The molecular formula is C18H21NO4S2. The SMILES string of the molecule is CS(=O)(=O)c1csc(C(=O)N(Cc2ccccc2)CC2(CO)CC2)c1. The Labute approximate surface area is 151 Å². The zero-order chi connectivity index (χ0) is 18.1. The van der Waals surface area contributed by atoms with Crippen LogP contribution in [0.5, 0.6) is 0 Å². The average molecular weight is 380 g/mol. The lowest BCUT2D eigenvalue weighted by atomic mass is 10.1. The summed E-state index contributed by atoms with van der Waals surface area (Å²) in [6, 6.07) is 11.1. The lowest BCUT2D eigenvalue weighted by molar-refractivity contribution is 0.0670. The van der Waals surface area contributed by atoms with Crippen molar-refractivity contribution in [2.75, 3.05) is 19.4 Å². The van der Waals surface area contributed by atoms with Crippen LogP contribution in [0.3, 0.4) is 0 Å². The third kappa shape index (κ3) is 4.29. The van der Waals surface area contributed by atoms with Crippen molar-refractivity contribution in [1.82, 2.24) is 4.90 Å². The van der Waals surface area contributed by atoms with Gasteiger partial charge in [-0.05, 0) is 24.5 Å². The Morgan fingerprint density at radius 2 is 1.96 bits per heavy atom. The van der Waals surface area contributed by atoms with E-state index in [0.29, 0.717) is 18.0 Å². The predicted molar refractivity (Wildman–Crippen MR) is 97.4 cm³/mol. The number of aliphatic hydroxyl groups excluding tert-OH is 1. The largest absolute Gasteiger partial charge is 0.396 e. The highest BCUT2D eigenvalue weighted by atomic mass is 32.2. The molecule has 1 aliphatic carbocycles. The molecule has 1 aliphatic rings. The number of hydrogen-bond donors (Lipinski definition) is 1. The van der Waals surface area contributed by atoms with Gasteiger partial charge in [-0.3, -0.25) is 4.79 Å². The summed E-state index contributed by atoms with van der Waals surface area (Å²) in [6.07, 6.45) is 2.94. The molecule has 0 radical (unpaired) electrons. The number of carbonyl (C=O) groups excluding carboxylic acids is 1. The van der Waals surface area contributed by atoms with Crippen LogP contribution >= 0.6 is 11.3 Å². The highest BCUT2D eigenvalue weighted by molar-refractivity contribution is 7.90. The Bertz CT molecular complexity index is 854. The summed E-state index contributed by atoms with van der Waals surface area (Å²) in [5.74, 6) is -0.191. The first-order valence-corrected chi connectivity index (χ1v) is 10.8. The van der Waals surface area contributed by atoms with Gasteiger partial charge in [-0.15, -0.1) is 11.3 Å². The molecule has 0 aliphatic heterocycles. The van der Waals surface area contributed by atoms with Crippen molar-refractivity contribution < 1.29 is 18.3 Å². The van der Waals surface area contributed by atoms with E-state index in [0.717, 1.165) is 36.0 Å². The van der Waals surface area contributed by atoms with Crippen molar-refractivity contribution in [3.63, 3.8) is 0 Å². The minimum atomic E-state index is -3.33. The van der Waals surface area contributed by atoms with Gasteiger partial charge in [-0.1, -0.05) is 30.3 Å². The van der Waals surface area contributed by atoms with Crippen LogP contribution in [0.4, 0.5) is 0 Å². The van der Waals surface area contributed by atoms with Crippen LogP contribution in [0.1, 0.15) is 28.1 Å². The second-order valence-electron chi connectivity index (χ2n) is 6.72. The summed E-state index contributed by atoms with van der Waals surface area (Å²) in [4.78, 5) is 15.3. The summed E-state index contributed by atoms with van der Waals surface area (Å²) in [5, 5.41) is 11.1. The van der Waals surface area contributed by atoms with E-state index in [1.807, 2.05) is 30.3 Å². The maximum absolute atomic E-state index is 13.0. The molecule has 3 rings (SSSR count). The van der Waals surface area contributed by atoms with Crippen LogP contribution in [0, 0.1) is 5.41 Å². The van der Waals surface area contributed by atoms with Gasteiger partial charge < -0.3 is 10.0 Å².